The van der Waals surface area contributed by atoms with E-state index in [1.807, 2.05) is 49.5 Å². The van der Waals surface area contributed by atoms with E-state index >= 15 is 0 Å². The SMILES string of the molecule is CNc1cccc(C(N)c2coc3ccccc23)c1. The van der Waals surface area contributed by atoms with Crippen molar-refractivity contribution in [2.24, 2.45) is 5.73 Å². The van der Waals surface area contributed by atoms with Gasteiger partial charge in [-0.1, -0.05) is 30.3 Å². The molecule has 3 nitrogen and oxygen atoms in total. The third kappa shape index (κ3) is 2.09. The van der Waals surface area contributed by atoms with Crippen LogP contribution in [-0.4, -0.2) is 7.05 Å². The van der Waals surface area contributed by atoms with Crippen molar-refractivity contribution in [3.8, 4) is 0 Å². The van der Waals surface area contributed by atoms with Crippen molar-refractivity contribution in [2.75, 3.05) is 12.4 Å². The third-order valence-electron chi connectivity index (χ3n) is 3.38. The molecule has 3 heteroatoms. The molecule has 1 heterocycles. The van der Waals surface area contributed by atoms with Gasteiger partial charge in [0, 0.05) is 23.7 Å². The molecule has 19 heavy (non-hydrogen) atoms. The second-order valence-electron chi connectivity index (χ2n) is 4.54. The zero-order valence-electron chi connectivity index (χ0n) is 10.8. The van der Waals surface area contributed by atoms with Crippen molar-refractivity contribution in [3.05, 3.63) is 65.9 Å². The molecular formula is C16H16N2O. The van der Waals surface area contributed by atoms with Gasteiger partial charge >= 0.3 is 0 Å². The molecule has 0 spiro atoms. The lowest BCUT2D eigenvalue weighted by atomic mass is 9.99. The van der Waals surface area contributed by atoms with Gasteiger partial charge in [0.2, 0.25) is 0 Å². The van der Waals surface area contributed by atoms with Crippen LogP contribution in [-0.2, 0) is 0 Å². The molecule has 0 bridgehead atoms. The first-order valence-corrected chi connectivity index (χ1v) is 6.29. The standard InChI is InChI=1S/C16H16N2O/c1-18-12-6-4-5-11(9-12)16(17)14-10-19-15-8-3-2-7-13(14)15/h2-10,16,18H,17H2,1H3. The minimum Gasteiger partial charge on any atom is -0.464 e. The zero-order chi connectivity index (χ0) is 13.2. The molecule has 0 radical (unpaired) electrons. The van der Waals surface area contributed by atoms with Crippen LogP contribution in [0.5, 0.6) is 0 Å². The van der Waals surface area contributed by atoms with Crippen molar-refractivity contribution in [1.29, 1.82) is 0 Å². The molecule has 0 amide bonds. The molecule has 0 aliphatic carbocycles. The highest BCUT2D eigenvalue weighted by molar-refractivity contribution is 5.82. The van der Waals surface area contributed by atoms with Gasteiger partial charge in [-0.05, 0) is 23.8 Å². The van der Waals surface area contributed by atoms with Gasteiger partial charge in [0.15, 0.2) is 0 Å². The van der Waals surface area contributed by atoms with Gasteiger partial charge in [0.25, 0.3) is 0 Å². The van der Waals surface area contributed by atoms with Crippen LogP contribution in [0.4, 0.5) is 5.69 Å². The average Bonchev–Trinajstić information content (AvgIpc) is 2.90. The van der Waals surface area contributed by atoms with E-state index in [4.69, 9.17) is 10.2 Å². The molecule has 0 aliphatic rings. The number of furan rings is 1. The fraction of sp³-hybridized carbons (Fsp3) is 0.125. The highest BCUT2D eigenvalue weighted by Crippen LogP contribution is 2.29. The highest BCUT2D eigenvalue weighted by atomic mass is 16.3. The summed E-state index contributed by atoms with van der Waals surface area (Å²) in [6, 6.07) is 15.9. The van der Waals surface area contributed by atoms with E-state index in [0.717, 1.165) is 27.8 Å². The predicted molar refractivity (Wildman–Crippen MR) is 78.2 cm³/mol. The van der Waals surface area contributed by atoms with Crippen molar-refractivity contribution < 1.29 is 4.42 Å². The predicted octanol–water partition coefficient (Wildman–Crippen LogP) is 3.52. The number of benzene rings is 2. The maximum absolute atomic E-state index is 6.36. The molecule has 1 aromatic heterocycles. The number of nitrogens with two attached hydrogens (primary N) is 1. The van der Waals surface area contributed by atoms with Crippen LogP contribution in [0.25, 0.3) is 11.0 Å². The summed E-state index contributed by atoms with van der Waals surface area (Å²) in [5, 5.41) is 4.20. The Morgan fingerprint density at radius 3 is 2.79 bits per heavy atom. The first-order valence-electron chi connectivity index (χ1n) is 6.29. The van der Waals surface area contributed by atoms with Crippen molar-refractivity contribution >= 4 is 16.7 Å². The lowest BCUT2D eigenvalue weighted by Crippen LogP contribution is -2.11. The van der Waals surface area contributed by atoms with Crippen LogP contribution in [0.2, 0.25) is 0 Å². The Morgan fingerprint density at radius 1 is 1.11 bits per heavy atom. The average molecular weight is 252 g/mol. The highest BCUT2D eigenvalue weighted by Gasteiger charge is 2.15. The van der Waals surface area contributed by atoms with Gasteiger partial charge in [-0.25, -0.2) is 0 Å². The fourth-order valence-electron chi connectivity index (χ4n) is 2.31. The van der Waals surface area contributed by atoms with E-state index < -0.39 is 0 Å². The molecule has 96 valence electrons. The molecule has 0 saturated carbocycles. The second kappa shape index (κ2) is 4.78. The number of hydrogen-bond acceptors (Lipinski definition) is 3. The minimum absolute atomic E-state index is 0.183. The Labute approximate surface area is 112 Å². The van der Waals surface area contributed by atoms with Crippen molar-refractivity contribution in [2.45, 2.75) is 6.04 Å². The fourth-order valence-corrected chi connectivity index (χ4v) is 2.31. The van der Waals surface area contributed by atoms with E-state index in [-0.39, 0.29) is 6.04 Å². The first-order chi connectivity index (χ1) is 9.29. The second-order valence-corrected chi connectivity index (χ2v) is 4.54. The van der Waals surface area contributed by atoms with E-state index in [1.165, 1.54) is 0 Å². The summed E-state index contributed by atoms with van der Waals surface area (Å²) in [6.45, 7) is 0. The lowest BCUT2D eigenvalue weighted by Gasteiger charge is -2.12. The summed E-state index contributed by atoms with van der Waals surface area (Å²) >= 11 is 0. The van der Waals surface area contributed by atoms with E-state index in [1.54, 1.807) is 6.26 Å². The maximum Gasteiger partial charge on any atom is 0.134 e. The molecule has 1 unspecified atom stereocenters. The zero-order valence-corrected chi connectivity index (χ0v) is 10.8. The number of rotatable bonds is 3. The molecule has 0 saturated heterocycles. The van der Waals surface area contributed by atoms with Crippen LogP contribution in [0.1, 0.15) is 17.2 Å². The van der Waals surface area contributed by atoms with Gasteiger partial charge < -0.3 is 15.5 Å². The number of hydrogen-bond donors (Lipinski definition) is 2. The van der Waals surface area contributed by atoms with Gasteiger partial charge in [-0.2, -0.15) is 0 Å². The quantitative estimate of drug-likeness (QED) is 0.749. The van der Waals surface area contributed by atoms with Crippen molar-refractivity contribution in [3.63, 3.8) is 0 Å². The van der Waals surface area contributed by atoms with Crippen molar-refractivity contribution in [1.82, 2.24) is 0 Å². The van der Waals surface area contributed by atoms with Gasteiger partial charge in [-0.15, -0.1) is 0 Å². The number of anilines is 1. The molecule has 0 aliphatic heterocycles. The maximum atomic E-state index is 6.36. The molecule has 0 fully saturated rings. The van der Waals surface area contributed by atoms with E-state index in [9.17, 15) is 0 Å². The van der Waals surface area contributed by atoms with Crippen LogP contribution in [0.15, 0.2) is 59.2 Å². The molecule has 3 aromatic rings. The smallest absolute Gasteiger partial charge is 0.134 e. The topological polar surface area (TPSA) is 51.2 Å². The summed E-state index contributed by atoms with van der Waals surface area (Å²) in [4.78, 5) is 0. The Hall–Kier alpha value is -2.26. The normalized spacial score (nSPS) is 12.5. The van der Waals surface area contributed by atoms with Gasteiger partial charge in [-0.3, -0.25) is 0 Å². The molecular weight excluding hydrogens is 236 g/mol. The molecule has 1 atom stereocenters. The minimum atomic E-state index is -0.183. The number of nitrogens with one attached hydrogen (secondary N) is 1. The Bertz CT molecular complexity index is 703. The first kappa shape index (κ1) is 11.8. The van der Waals surface area contributed by atoms with E-state index in [0.29, 0.717) is 0 Å². The monoisotopic (exact) mass is 252 g/mol. The summed E-state index contributed by atoms with van der Waals surface area (Å²) in [6.07, 6.45) is 1.75. The third-order valence-corrected chi connectivity index (χ3v) is 3.38. The Balaban J connectivity index is 2.05. The Kier molecular flexibility index (Phi) is 2.97. The van der Waals surface area contributed by atoms with Crippen LogP contribution in [0, 0.1) is 0 Å². The van der Waals surface area contributed by atoms with Gasteiger partial charge in [0.1, 0.15) is 5.58 Å². The Morgan fingerprint density at radius 2 is 1.95 bits per heavy atom. The summed E-state index contributed by atoms with van der Waals surface area (Å²) in [5.74, 6) is 0. The summed E-state index contributed by atoms with van der Waals surface area (Å²) < 4.78 is 5.55. The number of para-hydroxylation sites is 1. The van der Waals surface area contributed by atoms with Crippen LogP contribution >= 0.6 is 0 Å². The lowest BCUT2D eigenvalue weighted by molar-refractivity contribution is 0.607. The summed E-state index contributed by atoms with van der Waals surface area (Å²) in [7, 11) is 1.90. The summed E-state index contributed by atoms with van der Waals surface area (Å²) in [5.41, 5.74) is 10.4. The molecule has 3 rings (SSSR count). The largest absolute Gasteiger partial charge is 0.464 e. The number of fused-ring (bicyclic) bond motifs is 1. The van der Waals surface area contributed by atoms with Gasteiger partial charge in [0.05, 0.1) is 12.3 Å². The molecule has 3 N–H and O–H groups in total. The van der Waals surface area contributed by atoms with Crippen LogP contribution < -0.4 is 11.1 Å². The van der Waals surface area contributed by atoms with E-state index in [2.05, 4.69) is 11.4 Å². The molecule has 2 aromatic carbocycles. The van der Waals surface area contributed by atoms with Crippen LogP contribution in [0.3, 0.4) is 0 Å².